The van der Waals surface area contributed by atoms with Crippen molar-refractivity contribution in [2.45, 2.75) is 23.6 Å². The van der Waals surface area contributed by atoms with E-state index in [4.69, 9.17) is 5.11 Å². The Bertz CT molecular complexity index is 869. The van der Waals surface area contributed by atoms with Crippen LogP contribution in [0.3, 0.4) is 0 Å². The van der Waals surface area contributed by atoms with Crippen LogP contribution >= 0.6 is 11.8 Å². The first-order valence-electron chi connectivity index (χ1n) is 8.15. The Morgan fingerprint density at radius 2 is 1.92 bits per heavy atom. The number of nitrogens with one attached hydrogen (secondary N) is 1. The van der Waals surface area contributed by atoms with Crippen LogP contribution < -0.4 is 5.32 Å². The summed E-state index contributed by atoms with van der Waals surface area (Å²) in [6, 6.07) is 16.7. The maximum Gasteiger partial charge on any atom is 0.252 e. The van der Waals surface area contributed by atoms with Crippen LogP contribution in [0.5, 0.6) is 0 Å². The molecule has 0 fully saturated rings. The molecule has 0 saturated carbocycles. The Morgan fingerprint density at radius 1 is 1.19 bits per heavy atom. The molecule has 1 aromatic heterocycles. The number of tetrazole rings is 1. The fourth-order valence-corrected chi connectivity index (χ4v) is 3.29. The third-order valence-electron chi connectivity index (χ3n) is 3.67. The number of aliphatic hydroxyl groups excluding tert-OH is 1. The van der Waals surface area contributed by atoms with Gasteiger partial charge in [0.25, 0.3) is 5.91 Å². The Kier molecular flexibility index (Phi) is 5.98. The van der Waals surface area contributed by atoms with Gasteiger partial charge in [-0.1, -0.05) is 30.3 Å². The van der Waals surface area contributed by atoms with E-state index in [1.54, 1.807) is 17.7 Å². The average Bonchev–Trinajstić information content (AvgIpc) is 3.15. The predicted octanol–water partition coefficient (Wildman–Crippen LogP) is 2.07. The summed E-state index contributed by atoms with van der Waals surface area (Å²) in [5, 5.41) is 23.8. The fourth-order valence-electron chi connectivity index (χ4n) is 2.34. The van der Waals surface area contributed by atoms with E-state index in [0.717, 1.165) is 10.6 Å². The second kappa shape index (κ2) is 8.59. The number of carbonyl (C=O) groups excluding carboxylic acids is 1. The molecule has 8 heteroatoms. The standard InChI is InChI=1S/C18H19N5O2S/c1-13(11-24)19-18(25)15-9-5-6-10-16(15)26-12-17-20-21-22-23(17)14-7-3-2-4-8-14/h2-10,13,24H,11-12H2,1H3,(H,19,25). The van der Waals surface area contributed by atoms with Gasteiger partial charge in [0, 0.05) is 10.9 Å². The molecule has 0 saturated heterocycles. The minimum atomic E-state index is -0.300. The highest BCUT2D eigenvalue weighted by molar-refractivity contribution is 7.98. The number of thioether (sulfide) groups is 1. The van der Waals surface area contributed by atoms with Crippen LogP contribution in [0.25, 0.3) is 5.69 Å². The second-order valence-corrected chi connectivity index (χ2v) is 6.70. The summed E-state index contributed by atoms with van der Waals surface area (Å²) < 4.78 is 1.68. The summed E-state index contributed by atoms with van der Waals surface area (Å²) in [6.45, 7) is 1.65. The highest BCUT2D eigenvalue weighted by Gasteiger charge is 2.15. The Morgan fingerprint density at radius 3 is 2.69 bits per heavy atom. The number of hydrogen-bond donors (Lipinski definition) is 2. The Balaban J connectivity index is 1.76. The van der Waals surface area contributed by atoms with Crippen molar-refractivity contribution in [2.24, 2.45) is 0 Å². The number of nitrogens with zero attached hydrogens (tertiary/aromatic N) is 4. The van der Waals surface area contributed by atoms with Crippen LogP contribution in [0, 0.1) is 0 Å². The van der Waals surface area contributed by atoms with Crippen molar-refractivity contribution < 1.29 is 9.90 Å². The lowest BCUT2D eigenvalue weighted by Gasteiger charge is -2.13. The van der Waals surface area contributed by atoms with E-state index < -0.39 is 0 Å². The highest BCUT2D eigenvalue weighted by atomic mass is 32.2. The lowest BCUT2D eigenvalue weighted by Crippen LogP contribution is -2.35. The zero-order valence-corrected chi connectivity index (χ0v) is 15.1. The number of rotatable bonds is 7. The lowest BCUT2D eigenvalue weighted by molar-refractivity contribution is 0.0919. The van der Waals surface area contributed by atoms with Crippen molar-refractivity contribution in [3.8, 4) is 5.69 Å². The molecule has 3 rings (SSSR count). The van der Waals surface area contributed by atoms with Gasteiger partial charge in [0.15, 0.2) is 5.82 Å². The van der Waals surface area contributed by atoms with Crippen LogP contribution in [-0.4, -0.2) is 43.9 Å². The lowest BCUT2D eigenvalue weighted by atomic mass is 10.2. The summed E-state index contributed by atoms with van der Waals surface area (Å²) in [5.74, 6) is 0.999. The van der Waals surface area contributed by atoms with E-state index in [1.165, 1.54) is 11.8 Å². The maximum absolute atomic E-state index is 12.4. The molecule has 134 valence electrons. The van der Waals surface area contributed by atoms with Crippen LogP contribution in [0.2, 0.25) is 0 Å². The van der Waals surface area contributed by atoms with Crippen molar-refractivity contribution in [2.75, 3.05) is 6.61 Å². The number of aromatic nitrogens is 4. The predicted molar refractivity (Wildman–Crippen MR) is 99.2 cm³/mol. The molecule has 7 nitrogen and oxygen atoms in total. The maximum atomic E-state index is 12.4. The summed E-state index contributed by atoms with van der Waals surface area (Å²) in [7, 11) is 0. The molecule has 2 aromatic carbocycles. The molecular formula is C18H19N5O2S. The Hall–Kier alpha value is -2.71. The molecule has 3 aromatic rings. The van der Waals surface area contributed by atoms with Crippen LogP contribution in [0.1, 0.15) is 23.1 Å². The normalized spacial score (nSPS) is 11.9. The largest absolute Gasteiger partial charge is 0.394 e. The average molecular weight is 369 g/mol. The molecule has 1 unspecified atom stereocenters. The first-order chi connectivity index (χ1) is 12.7. The molecular weight excluding hydrogens is 350 g/mol. The van der Waals surface area contributed by atoms with Gasteiger partial charge in [-0.15, -0.1) is 16.9 Å². The molecule has 0 aliphatic rings. The molecule has 1 atom stereocenters. The molecule has 0 radical (unpaired) electrons. The summed E-state index contributed by atoms with van der Waals surface area (Å²) in [4.78, 5) is 13.2. The molecule has 1 amide bonds. The van der Waals surface area contributed by atoms with E-state index in [2.05, 4.69) is 20.8 Å². The minimum Gasteiger partial charge on any atom is -0.394 e. The molecule has 1 heterocycles. The van der Waals surface area contributed by atoms with E-state index in [9.17, 15) is 4.79 Å². The van der Waals surface area contributed by atoms with Gasteiger partial charge in [0.1, 0.15) is 0 Å². The van der Waals surface area contributed by atoms with Gasteiger partial charge < -0.3 is 10.4 Å². The summed E-state index contributed by atoms with van der Waals surface area (Å²) >= 11 is 1.49. The number of benzene rings is 2. The zero-order valence-electron chi connectivity index (χ0n) is 14.2. The van der Waals surface area contributed by atoms with E-state index in [1.807, 2.05) is 48.5 Å². The minimum absolute atomic E-state index is 0.104. The third kappa shape index (κ3) is 4.27. The van der Waals surface area contributed by atoms with Gasteiger partial charge in [-0.25, -0.2) is 0 Å². The summed E-state index contributed by atoms with van der Waals surface area (Å²) in [5.41, 5.74) is 1.45. The molecule has 26 heavy (non-hydrogen) atoms. The van der Waals surface area contributed by atoms with E-state index in [0.29, 0.717) is 17.1 Å². The molecule has 0 aliphatic heterocycles. The second-order valence-electron chi connectivity index (χ2n) is 5.68. The first kappa shape index (κ1) is 18.1. The molecule has 0 spiro atoms. The van der Waals surface area contributed by atoms with Crippen LogP contribution in [-0.2, 0) is 5.75 Å². The first-order valence-corrected chi connectivity index (χ1v) is 9.14. The van der Waals surface area contributed by atoms with Gasteiger partial charge in [-0.2, -0.15) is 4.68 Å². The quantitative estimate of drug-likeness (QED) is 0.619. The van der Waals surface area contributed by atoms with Crippen molar-refractivity contribution in [1.82, 2.24) is 25.5 Å². The zero-order chi connectivity index (χ0) is 18.4. The molecule has 2 N–H and O–H groups in total. The van der Waals surface area contributed by atoms with Gasteiger partial charge in [0.2, 0.25) is 0 Å². The number of para-hydroxylation sites is 1. The molecule has 0 aliphatic carbocycles. The van der Waals surface area contributed by atoms with E-state index >= 15 is 0 Å². The Labute approximate surface area is 155 Å². The number of hydrogen-bond acceptors (Lipinski definition) is 6. The van der Waals surface area contributed by atoms with Gasteiger partial charge >= 0.3 is 0 Å². The van der Waals surface area contributed by atoms with Crippen molar-refractivity contribution in [3.63, 3.8) is 0 Å². The van der Waals surface area contributed by atoms with Crippen molar-refractivity contribution in [3.05, 3.63) is 66.0 Å². The van der Waals surface area contributed by atoms with Crippen LogP contribution in [0.15, 0.2) is 59.5 Å². The van der Waals surface area contributed by atoms with Gasteiger partial charge in [-0.3, -0.25) is 4.79 Å². The molecule has 0 bridgehead atoms. The third-order valence-corrected chi connectivity index (χ3v) is 4.74. The topological polar surface area (TPSA) is 92.9 Å². The van der Waals surface area contributed by atoms with Gasteiger partial charge in [0.05, 0.1) is 23.6 Å². The van der Waals surface area contributed by atoms with E-state index in [-0.39, 0.29) is 18.6 Å². The van der Waals surface area contributed by atoms with Crippen molar-refractivity contribution >= 4 is 17.7 Å². The highest BCUT2D eigenvalue weighted by Crippen LogP contribution is 2.26. The number of amides is 1. The fraction of sp³-hybridized carbons (Fsp3) is 0.222. The summed E-state index contributed by atoms with van der Waals surface area (Å²) in [6.07, 6.45) is 0. The monoisotopic (exact) mass is 369 g/mol. The van der Waals surface area contributed by atoms with Crippen LogP contribution in [0.4, 0.5) is 0 Å². The van der Waals surface area contributed by atoms with Crippen molar-refractivity contribution in [1.29, 1.82) is 0 Å². The number of aliphatic hydroxyl groups is 1. The van der Waals surface area contributed by atoms with Gasteiger partial charge in [-0.05, 0) is 41.6 Å². The number of carbonyl (C=O) groups is 1. The smallest absolute Gasteiger partial charge is 0.252 e. The SMILES string of the molecule is CC(CO)NC(=O)c1ccccc1SCc1nnnn1-c1ccccc1.